The van der Waals surface area contributed by atoms with Crippen LogP contribution in [0.15, 0.2) is 48.5 Å². The molecule has 2 aromatic carbocycles. The monoisotopic (exact) mass is 398 g/mol. The molecule has 1 saturated heterocycles. The number of sulfone groups is 1. The van der Waals surface area contributed by atoms with Crippen LogP contribution in [0.4, 0.5) is 24.5 Å². The lowest BCUT2D eigenvalue weighted by Crippen LogP contribution is -2.35. The molecule has 0 aliphatic carbocycles. The number of alkyl halides is 3. The molecule has 2 N–H and O–H groups in total. The third-order valence-corrected chi connectivity index (χ3v) is 5.98. The fourth-order valence-corrected chi connectivity index (χ4v) is 4.56. The largest absolute Gasteiger partial charge is 0.416 e. The molecule has 0 saturated carbocycles. The lowest BCUT2D eigenvalue weighted by molar-refractivity contribution is -0.137. The van der Waals surface area contributed by atoms with Gasteiger partial charge in [0.15, 0.2) is 9.84 Å². The number of rotatable bonds is 4. The molecule has 1 atom stereocenters. The van der Waals surface area contributed by atoms with Gasteiger partial charge in [-0.3, -0.25) is 4.79 Å². The Bertz CT molecular complexity index is 958. The van der Waals surface area contributed by atoms with E-state index in [1.54, 1.807) is 18.2 Å². The highest BCUT2D eigenvalue weighted by atomic mass is 32.2. The van der Waals surface area contributed by atoms with Crippen molar-refractivity contribution in [2.45, 2.75) is 18.6 Å². The maximum absolute atomic E-state index is 12.9. The number of benzene rings is 2. The Balaban J connectivity index is 1.79. The molecule has 1 fully saturated rings. The van der Waals surface area contributed by atoms with Gasteiger partial charge in [0.2, 0.25) is 0 Å². The Hall–Kier alpha value is -2.55. The first kappa shape index (κ1) is 19.2. The summed E-state index contributed by atoms with van der Waals surface area (Å²) < 4.78 is 61.6. The molecule has 27 heavy (non-hydrogen) atoms. The van der Waals surface area contributed by atoms with Crippen LogP contribution < -0.4 is 10.6 Å². The zero-order valence-corrected chi connectivity index (χ0v) is 14.9. The van der Waals surface area contributed by atoms with Gasteiger partial charge in [0, 0.05) is 11.7 Å². The SMILES string of the molecule is O=C(NC1CCS(=O)(=O)C1)c1ccccc1Nc1cccc(C(F)(F)F)c1. The van der Waals surface area contributed by atoms with Gasteiger partial charge < -0.3 is 10.6 Å². The molecule has 1 heterocycles. The summed E-state index contributed by atoms with van der Waals surface area (Å²) in [6.45, 7) is 0. The van der Waals surface area contributed by atoms with E-state index in [0.29, 0.717) is 12.1 Å². The molecule has 5 nitrogen and oxygen atoms in total. The Kier molecular flexibility index (Phi) is 5.14. The van der Waals surface area contributed by atoms with Crippen LogP contribution in [0.5, 0.6) is 0 Å². The highest BCUT2D eigenvalue weighted by Gasteiger charge is 2.31. The van der Waals surface area contributed by atoms with E-state index >= 15 is 0 Å². The van der Waals surface area contributed by atoms with Crippen molar-refractivity contribution in [2.75, 3.05) is 16.8 Å². The van der Waals surface area contributed by atoms with Crippen molar-refractivity contribution in [3.63, 3.8) is 0 Å². The summed E-state index contributed by atoms with van der Waals surface area (Å²) in [6.07, 6.45) is -4.13. The number of amides is 1. The first-order valence-corrected chi connectivity index (χ1v) is 10.0. The van der Waals surface area contributed by atoms with E-state index in [9.17, 15) is 26.4 Å². The third kappa shape index (κ3) is 4.79. The first-order chi connectivity index (χ1) is 12.6. The number of carbonyl (C=O) groups excluding carboxylic acids is 1. The van der Waals surface area contributed by atoms with Gasteiger partial charge >= 0.3 is 6.18 Å². The molecule has 0 radical (unpaired) electrons. The van der Waals surface area contributed by atoms with Crippen LogP contribution in [0.1, 0.15) is 22.3 Å². The zero-order valence-electron chi connectivity index (χ0n) is 14.1. The van der Waals surface area contributed by atoms with Crippen LogP contribution >= 0.6 is 0 Å². The van der Waals surface area contributed by atoms with Crippen LogP contribution in [-0.2, 0) is 16.0 Å². The second-order valence-corrected chi connectivity index (χ2v) is 8.55. The zero-order chi connectivity index (χ0) is 19.7. The third-order valence-electron chi connectivity index (χ3n) is 4.21. The Morgan fingerprint density at radius 1 is 1.07 bits per heavy atom. The summed E-state index contributed by atoms with van der Waals surface area (Å²) in [5.74, 6) is -0.559. The normalized spacial score (nSPS) is 18.9. The minimum Gasteiger partial charge on any atom is -0.355 e. The molecule has 3 rings (SSSR count). The lowest BCUT2D eigenvalue weighted by atomic mass is 10.1. The molecular formula is C18H17F3N2O3S. The van der Waals surface area contributed by atoms with Crippen molar-refractivity contribution in [3.05, 3.63) is 59.7 Å². The second-order valence-electron chi connectivity index (χ2n) is 6.32. The molecule has 9 heteroatoms. The van der Waals surface area contributed by atoms with Gasteiger partial charge in [0.1, 0.15) is 0 Å². The van der Waals surface area contributed by atoms with E-state index in [2.05, 4.69) is 10.6 Å². The van der Waals surface area contributed by atoms with Crippen molar-refractivity contribution < 1.29 is 26.4 Å². The second kappa shape index (κ2) is 7.22. The van der Waals surface area contributed by atoms with E-state index in [0.717, 1.165) is 12.1 Å². The number of nitrogens with one attached hydrogen (secondary N) is 2. The number of halogens is 3. The highest BCUT2D eigenvalue weighted by molar-refractivity contribution is 7.91. The Morgan fingerprint density at radius 3 is 2.48 bits per heavy atom. The van der Waals surface area contributed by atoms with Crippen molar-refractivity contribution in [1.29, 1.82) is 0 Å². The molecule has 0 aromatic heterocycles. The van der Waals surface area contributed by atoms with Crippen LogP contribution in [0.3, 0.4) is 0 Å². The van der Waals surface area contributed by atoms with Crippen molar-refractivity contribution >= 4 is 27.1 Å². The molecule has 2 aromatic rings. The van der Waals surface area contributed by atoms with Gasteiger partial charge in [-0.2, -0.15) is 13.2 Å². The Labute approximate surface area is 154 Å². The molecule has 144 valence electrons. The summed E-state index contributed by atoms with van der Waals surface area (Å²) in [5.41, 5.74) is -0.0616. The fraction of sp³-hybridized carbons (Fsp3) is 0.278. The predicted molar refractivity (Wildman–Crippen MR) is 95.7 cm³/mol. The molecule has 0 spiro atoms. The smallest absolute Gasteiger partial charge is 0.355 e. The van der Waals surface area contributed by atoms with Crippen LogP contribution in [0.25, 0.3) is 0 Å². The van der Waals surface area contributed by atoms with E-state index in [1.807, 2.05) is 0 Å². The molecule has 1 aliphatic rings. The van der Waals surface area contributed by atoms with Gasteiger partial charge in [-0.05, 0) is 36.8 Å². The number of carbonyl (C=O) groups is 1. The summed E-state index contributed by atoms with van der Waals surface area (Å²) in [4.78, 5) is 12.5. The first-order valence-electron chi connectivity index (χ1n) is 8.19. The van der Waals surface area contributed by atoms with Gasteiger partial charge in [-0.1, -0.05) is 18.2 Å². The predicted octanol–water partition coefficient (Wildman–Crippen LogP) is 3.37. The van der Waals surface area contributed by atoms with Crippen LogP contribution in [0, 0.1) is 0 Å². The van der Waals surface area contributed by atoms with Crippen LogP contribution in [0.2, 0.25) is 0 Å². The van der Waals surface area contributed by atoms with Crippen molar-refractivity contribution in [2.24, 2.45) is 0 Å². The topological polar surface area (TPSA) is 75.3 Å². The fourth-order valence-electron chi connectivity index (χ4n) is 2.89. The van der Waals surface area contributed by atoms with Gasteiger partial charge in [-0.25, -0.2) is 8.42 Å². The molecule has 1 unspecified atom stereocenters. The maximum atomic E-state index is 12.9. The summed E-state index contributed by atoms with van der Waals surface area (Å²) >= 11 is 0. The lowest BCUT2D eigenvalue weighted by Gasteiger charge is -2.15. The van der Waals surface area contributed by atoms with E-state index in [1.165, 1.54) is 18.2 Å². The molecule has 1 aliphatic heterocycles. The summed E-state index contributed by atoms with van der Waals surface area (Å²) in [5, 5.41) is 5.50. The summed E-state index contributed by atoms with van der Waals surface area (Å²) in [7, 11) is -3.14. The minimum absolute atomic E-state index is 0.0298. The van der Waals surface area contributed by atoms with E-state index in [4.69, 9.17) is 0 Å². The number of anilines is 2. The minimum atomic E-state index is -4.47. The number of hydrogen-bond donors (Lipinski definition) is 2. The quantitative estimate of drug-likeness (QED) is 0.828. The molecule has 0 bridgehead atoms. The van der Waals surface area contributed by atoms with Gasteiger partial charge in [0.25, 0.3) is 5.91 Å². The van der Waals surface area contributed by atoms with E-state index < -0.39 is 33.5 Å². The molecule has 1 amide bonds. The highest BCUT2D eigenvalue weighted by Crippen LogP contribution is 2.32. The van der Waals surface area contributed by atoms with Crippen LogP contribution in [-0.4, -0.2) is 31.9 Å². The average molecular weight is 398 g/mol. The van der Waals surface area contributed by atoms with E-state index in [-0.39, 0.29) is 22.8 Å². The van der Waals surface area contributed by atoms with Crippen molar-refractivity contribution in [1.82, 2.24) is 5.32 Å². The molecular weight excluding hydrogens is 381 g/mol. The average Bonchev–Trinajstić information content (AvgIpc) is 2.93. The number of hydrogen-bond acceptors (Lipinski definition) is 4. The van der Waals surface area contributed by atoms with Crippen molar-refractivity contribution in [3.8, 4) is 0 Å². The summed E-state index contributed by atoms with van der Waals surface area (Å²) in [6, 6.07) is 10.6. The number of para-hydroxylation sites is 1. The Morgan fingerprint density at radius 2 is 1.81 bits per heavy atom. The van der Waals surface area contributed by atoms with Gasteiger partial charge in [0.05, 0.1) is 28.3 Å². The maximum Gasteiger partial charge on any atom is 0.416 e. The standard InChI is InChI=1S/C18H17F3N2O3S/c19-18(20,21)12-4-3-5-13(10-12)22-16-7-2-1-6-15(16)17(24)23-14-8-9-27(25,26)11-14/h1-7,10,14,22H,8-9,11H2,(H,23,24). The van der Waals surface area contributed by atoms with Gasteiger partial charge in [-0.15, -0.1) is 0 Å².